The van der Waals surface area contributed by atoms with E-state index in [4.69, 9.17) is 0 Å². The van der Waals surface area contributed by atoms with Crippen LogP contribution in [-0.2, 0) is 6.42 Å². The third-order valence-electron chi connectivity index (χ3n) is 3.92. The largest absolute Gasteiger partial charge is 0.322 e. The Kier molecular flexibility index (Phi) is 4.48. The summed E-state index contributed by atoms with van der Waals surface area (Å²) in [7, 11) is 0. The predicted octanol–water partition coefficient (Wildman–Crippen LogP) is 4.28. The molecule has 1 saturated heterocycles. The first-order chi connectivity index (χ1) is 10.7. The average molecular weight is 315 g/mol. The summed E-state index contributed by atoms with van der Waals surface area (Å²) in [5, 5.41) is -0.0287. The lowest BCUT2D eigenvalue weighted by Gasteiger charge is -2.24. The molecule has 1 heterocycles. The lowest BCUT2D eigenvalue weighted by atomic mass is 10.1. The molecule has 1 atom stereocenters. The summed E-state index contributed by atoms with van der Waals surface area (Å²) in [5.74, 6) is 0.697. The lowest BCUT2D eigenvalue weighted by Crippen LogP contribution is -2.30. The van der Waals surface area contributed by atoms with Crippen molar-refractivity contribution in [2.24, 2.45) is 0 Å². The first kappa shape index (κ1) is 15.1. The van der Waals surface area contributed by atoms with Gasteiger partial charge >= 0.3 is 0 Å². The molecule has 114 valence electrons. The van der Waals surface area contributed by atoms with E-state index in [9.17, 15) is 9.18 Å². The number of hydrogen-bond donors (Lipinski definition) is 0. The average Bonchev–Trinajstić information content (AvgIpc) is 3.04. The fourth-order valence-electron chi connectivity index (χ4n) is 2.63. The molecule has 1 aliphatic rings. The number of carbonyl (C=O) groups excluding carboxylic acids is 1. The summed E-state index contributed by atoms with van der Waals surface area (Å²) in [6.07, 6.45) is 0.965. The first-order valence-corrected chi connectivity index (χ1v) is 8.51. The number of halogens is 1. The first-order valence-electron chi connectivity index (χ1n) is 7.46. The normalized spacial score (nSPS) is 17.7. The molecule has 2 nitrogen and oxygen atoms in total. The maximum atomic E-state index is 13.1. The smallest absolute Gasteiger partial charge is 0.255 e. The van der Waals surface area contributed by atoms with Gasteiger partial charge in [0.2, 0.25) is 0 Å². The third kappa shape index (κ3) is 3.02. The van der Waals surface area contributed by atoms with Gasteiger partial charge in [0.05, 0.1) is 0 Å². The van der Waals surface area contributed by atoms with Crippen LogP contribution in [0.15, 0.2) is 48.5 Å². The van der Waals surface area contributed by atoms with Crippen molar-refractivity contribution in [3.05, 3.63) is 71.0 Å². The Morgan fingerprint density at radius 1 is 1.18 bits per heavy atom. The number of nitrogens with zero attached hydrogens (tertiary/aromatic N) is 1. The van der Waals surface area contributed by atoms with E-state index in [0.717, 1.165) is 24.3 Å². The summed E-state index contributed by atoms with van der Waals surface area (Å²) in [6.45, 7) is 2.82. The Labute approximate surface area is 134 Å². The summed E-state index contributed by atoms with van der Waals surface area (Å²) < 4.78 is 13.1. The van der Waals surface area contributed by atoms with Crippen LogP contribution < -0.4 is 0 Å². The van der Waals surface area contributed by atoms with Crippen LogP contribution in [0, 0.1) is 5.82 Å². The lowest BCUT2D eigenvalue weighted by molar-refractivity contribution is 0.0760. The number of aryl methyl sites for hydroxylation is 1. The van der Waals surface area contributed by atoms with E-state index in [-0.39, 0.29) is 17.1 Å². The van der Waals surface area contributed by atoms with Crippen LogP contribution in [0.1, 0.15) is 33.8 Å². The Morgan fingerprint density at radius 2 is 1.86 bits per heavy atom. The molecule has 0 spiro atoms. The fourth-order valence-corrected chi connectivity index (χ4v) is 3.89. The summed E-state index contributed by atoms with van der Waals surface area (Å²) in [6, 6.07) is 14.2. The van der Waals surface area contributed by atoms with Crippen molar-refractivity contribution in [3.63, 3.8) is 0 Å². The molecule has 2 aromatic rings. The topological polar surface area (TPSA) is 20.3 Å². The van der Waals surface area contributed by atoms with Crippen molar-refractivity contribution in [2.45, 2.75) is 18.7 Å². The highest BCUT2D eigenvalue weighted by atomic mass is 32.2. The van der Waals surface area contributed by atoms with E-state index in [1.165, 1.54) is 17.7 Å². The third-order valence-corrected chi connectivity index (χ3v) is 5.18. The monoisotopic (exact) mass is 315 g/mol. The SMILES string of the molecule is CCc1ccc(C(=O)N2CCSC2c2ccc(F)cc2)cc1. The van der Waals surface area contributed by atoms with Gasteiger partial charge in [-0.2, -0.15) is 0 Å². The Balaban J connectivity index is 1.82. The van der Waals surface area contributed by atoms with Crippen LogP contribution in [0.3, 0.4) is 0 Å². The summed E-state index contributed by atoms with van der Waals surface area (Å²) >= 11 is 1.72. The highest BCUT2D eigenvalue weighted by Gasteiger charge is 2.31. The maximum Gasteiger partial charge on any atom is 0.255 e. The fraction of sp³-hybridized carbons (Fsp3) is 0.278. The van der Waals surface area contributed by atoms with Crippen LogP contribution in [-0.4, -0.2) is 23.1 Å². The predicted molar refractivity (Wildman–Crippen MR) is 88.5 cm³/mol. The van der Waals surface area contributed by atoms with Crippen molar-refractivity contribution in [2.75, 3.05) is 12.3 Å². The number of rotatable bonds is 3. The molecule has 2 aromatic carbocycles. The summed E-state index contributed by atoms with van der Waals surface area (Å²) in [5.41, 5.74) is 2.91. The molecular weight excluding hydrogens is 297 g/mol. The zero-order valence-electron chi connectivity index (χ0n) is 12.5. The van der Waals surface area contributed by atoms with Gasteiger partial charge in [0.1, 0.15) is 11.2 Å². The van der Waals surface area contributed by atoms with Crippen LogP contribution >= 0.6 is 11.8 Å². The molecule has 22 heavy (non-hydrogen) atoms. The second-order valence-corrected chi connectivity index (χ2v) is 6.51. The number of amides is 1. The molecule has 4 heteroatoms. The second kappa shape index (κ2) is 6.53. The van der Waals surface area contributed by atoms with Gasteiger partial charge in [0, 0.05) is 17.9 Å². The van der Waals surface area contributed by atoms with Crippen molar-refractivity contribution < 1.29 is 9.18 Å². The molecule has 1 unspecified atom stereocenters. The van der Waals surface area contributed by atoms with E-state index in [0.29, 0.717) is 5.56 Å². The number of carbonyl (C=O) groups is 1. The van der Waals surface area contributed by atoms with Crippen LogP contribution in [0.5, 0.6) is 0 Å². The van der Waals surface area contributed by atoms with Crippen LogP contribution in [0.2, 0.25) is 0 Å². The highest BCUT2D eigenvalue weighted by Crippen LogP contribution is 2.38. The Morgan fingerprint density at radius 3 is 2.50 bits per heavy atom. The van der Waals surface area contributed by atoms with Crippen molar-refractivity contribution >= 4 is 17.7 Å². The number of thioether (sulfide) groups is 1. The van der Waals surface area contributed by atoms with Crippen LogP contribution in [0.4, 0.5) is 4.39 Å². The quantitative estimate of drug-likeness (QED) is 0.843. The van der Waals surface area contributed by atoms with Gasteiger partial charge in [0.25, 0.3) is 5.91 Å². The highest BCUT2D eigenvalue weighted by molar-refractivity contribution is 7.99. The second-order valence-electron chi connectivity index (χ2n) is 5.32. The van der Waals surface area contributed by atoms with Gasteiger partial charge in [-0.15, -0.1) is 11.8 Å². The molecule has 0 radical (unpaired) electrons. The van der Waals surface area contributed by atoms with E-state index in [2.05, 4.69) is 6.92 Å². The van der Waals surface area contributed by atoms with Crippen LogP contribution in [0.25, 0.3) is 0 Å². The van der Waals surface area contributed by atoms with E-state index in [1.807, 2.05) is 29.2 Å². The van der Waals surface area contributed by atoms with Crippen molar-refractivity contribution in [1.82, 2.24) is 4.90 Å². The van der Waals surface area contributed by atoms with Gasteiger partial charge in [-0.1, -0.05) is 31.2 Å². The Bertz CT molecular complexity index is 654. The van der Waals surface area contributed by atoms with Crippen molar-refractivity contribution in [1.29, 1.82) is 0 Å². The molecule has 1 fully saturated rings. The van der Waals surface area contributed by atoms with Gasteiger partial charge in [-0.3, -0.25) is 4.79 Å². The molecule has 0 saturated carbocycles. The van der Waals surface area contributed by atoms with Gasteiger partial charge in [-0.05, 0) is 41.8 Å². The van der Waals surface area contributed by atoms with E-state index < -0.39 is 0 Å². The van der Waals surface area contributed by atoms with Gasteiger partial charge in [0.15, 0.2) is 0 Å². The standard InChI is InChI=1S/C18H18FNOS/c1-2-13-3-5-14(6-4-13)17(21)20-11-12-22-18(20)15-7-9-16(19)10-8-15/h3-10,18H,2,11-12H2,1H3. The zero-order chi connectivity index (χ0) is 15.5. The molecule has 1 aliphatic heterocycles. The van der Waals surface area contributed by atoms with Gasteiger partial charge < -0.3 is 4.90 Å². The molecule has 0 aliphatic carbocycles. The molecule has 3 rings (SSSR count). The minimum Gasteiger partial charge on any atom is -0.322 e. The zero-order valence-corrected chi connectivity index (χ0v) is 13.3. The Hall–Kier alpha value is -1.81. The molecule has 0 aromatic heterocycles. The van der Waals surface area contributed by atoms with E-state index >= 15 is 0 Å². The minimum absolute atomic E-state index is 0.0287. The van der Waals surface area contributed by atoms with E-state index in [1.54, 1.807) is 23.9 Å². The van der Waals surface area contributed by atoms with Gasteiger partial charge in [-0.25, -0.2) is 4.39 Å². The number of hydrogen-bond acceptors (Lipinski definition) is 2. The molecule has 0 bridgehead atoms. The van der Waals surface area contributed by atoms with Crippen molar-refractivity contribution in [3.8, 4) is 0 Å². The minimum atomic E-state index is -0.250. The number of benzene rings is 2. The molecular formula is C18H18FNOS. The summed E-state index contributed by atoms with van der Waals surface area (Å²) in [4.78, 5) is 14.6. The molecule has 0 N–H and O–H groups in total. The maximum absolute atomic E-state index is 13.1. The molecule has 1 amide bonds.